The molecule has 0 saturated heterocycles. The Kier molecular flexibility index (Phi) is 6.28. The Morgan fingerprint density at radius 2 is 2.00 bits per heavy atom. The number of unbranched alkanes of at least 4 members (excludes halogenated alkanes) is 2. The Bertz CT molecular complexity index is 877. The first-order valence-electron chi connectivity index (χ1n) is 9.01. The minimum Gasteiger partial charge on any atom is -0.325 e. The van der Waals surface area contributed by atoms with Gasteiger partial charge >= 0.3 is 0 Å². The average Bonchev–Trinajstić information content (AvgIpc) is 3.09. The lowest BCUT2D eigenvalue weighted by molar-refractivity contribution is -0.115. The van der Waals surface area contributed by atoms with Crippen LogP contribution in [0.15, 0.2) is 53.9 Å². The molecule has 0 aliphatic carbocycles. The van der Waals surface area contributed by atoms with Crippen molar-refractivity contribution < 1.29 is 4.79 Å². The summed E-state index contributed by atoms with van der Waals surface area (Å²) in [4.78, 5) is 12.6. The fourth-order valence-corrected chi connectivity index (χ4v) is 3.59. The van der Waals surface area contributed by atoms with E-state index in [-0.39, 0.29) is 11.2 Å². The molecule has 6 heteroatoms. The van der Waals surface area contributed by atoms with Crippen LogP contribution in [0.25, 0.3) is 10.8 Å². The summed E-state index contributed by atoms with van der Waals surface area (Å²) in [6, 6.07) is 14.1. The first-order valence-corrected chi connectivity index (χ1v) is 9.89. The summed E-state index contributed by atoms with van der Waals surface area (Å²) in [7, 11) is 0. The van der Waals surface area contributed by atoms with Crippen molar-refractivity contribution in [2.45, 2.75) is 50.1 Å². The molecule has 1 N–H and O–H groups in total. The number of hydrogen-bond donors (Lipinski definition) is 1. The molecule has 0 aliphatic heterocycles. The molecule has 3 aromatic rings. The second-order valence-electron chi connectivity index (χ2n) is 6.33. The summed E-state index contributed by atoms with van der Waals surface area (Å²) in [5.74, 6) is -0.0339. The number of nitrogens with zero attached hydrogens (tertiary/aromatic N) is 3. The molecule has 1 heterocycles. The Morgan fingerprint density at radius 3 is 2.81 bits per heavy atom. The number of nitrogens with one attached hydrogen (secondary N) is 1. The molecule has 1 atom stereocenters. The molecule has 0 spiro atoms. The number of fused-ring (bicyclic) bond motifs is 1. The summed E-state index contributed by atoms with van der Waals surface area (Å²) in [5.41, 5.74) is 0.811. The van der Waals surface area contributed by atoms with Crippen LogP contribution in [0, 0.1) is 0 Å². The van der Waals surface area contributed by atoms with Crippen LogP contribution >= 0.6 is 11.8 Å². The van der Waals surface area contributed by atoms with Crippen LogP contribution < -0.4 is 5.32 Å². The lowest BCUT2D eigenvalue weighted by Crippen LogP contribution is -2.22. The second-order valence-corrected chi connectivity index (χ2v) is 7.63. The van der Waals surface area contributed by atoms with Crippen molar-refractivity contribution in [2.24, 2.45) is 0 Å². The van der Waals surface area contributed by atoms with E-state index in [0.717, 1.165) is 34.6 Å². The Labute approximate surface area is 158 Å². The summed E-state index contributed by atoms with van der Waals surface area (Å²) >= 11 is 1.44. The van der Waals surface area contributed by atoms with Gasteiger partial charge in [-0.05, 0) is 36.2 Å². The van der Waals surface area contributed by atoms with Crippen molar-refractivity contribution in [1.29, 1.82) is 0 Å². The molecule has 0 fully saturated rings. The van der Waals surface area contributed by atoms with Gasteiger partial charge < -0.3 is 9.88 Å². The van der Waals surface area contributed by atoms with Gasteiger partial charge in [0.25, 0.3) is 0 Å². The van der Waals surface area contributed by atoms with Crippen molar-refractivity contribution in [3.63, 3.8) is 0 Å². The van der Waals surface area contributed by atoms with Crippen LogP contribution in [-0.2, 0) is 11.3 Å². The summed E-state index contributed by atoms with van der Waals surface area (Å²) < 4.78 is 2.03. The van der Waals surface area contributed by atoms with Gasteiger partial charge in [0, 0.05) is 12.2 Å². The minimum atomic E-state index is -0.254. The zero-order valence-corrected chi connectivity index (χ0v) is 16.0. The van der Waals surface area contributed by atoms with Gasteiger partial charge in [0.2, 0.25) is 5.91 Å². The zero-order chi connectivity index (χ0) is 18.4. The van der Waals surface area contributed by atoms with Gasteiger partial charge in [0.1, 0.15) is 6.33 Å². The van der Waals surface area contributed by atoms with E-state index in [1.54, 1.807) is 6.33 Å². The third-order valence-electron chi connectivity index (χ3n) is 4.25. The van der Waals surface area contributed by atoms with Gasteiger partial charge in [-0.25, -0.2) is 0 Å². The minimum absolute atomic E-state index is 0.0339. The largest absolute Gasteiger partial charge is 0.325 e. The number of anilines is 1. The maximum absolute atomic E-state index is 12.6. The van der Waals surface area contributed by atoms with E-state index in [1.165, 1.54) is 24.6 Å². The number of hydrogen-bond acceptors (Lipinski definition) is 4. The number of amides is 1. The molecule has 0 aliphatic rings. The van der Waals surface area contributed by atoms with Crippen molar-refractivity contribution >= 4 is 34.1 Å². The SMILES string of the molecule is CCCCCn1cnnc1S[C@@H](C)C(=O)Nc1ccc2ccccc2c1. The molecular formula is C20H24N4OS. The summed E-state index contributed by atoms with van der Waals surface area (Å²) in [5, 5.41) is 14.0. The predicted molar refractivity (Wildman–Crippen MR) is 107 cm³/mol. The van der Waals surface area contributed by atoms with Crippen LogP contribution in [0.4, 0.5) is 5.69 Å². The van der Waals surface area contributed by atoms with Gasteiger partial charge in [-0.2, -0.15) is 0 Å². The van der Waals surface area contributed by atoms with Crippen molar-refractivity contribution in [1.82, 2.24) is 14.8 Å². The Hall–Kier alpha value is -2.34. The smallest absolute Gasteiger partial charge is 0.237 e. The van der Waals surface area contributed by atoms with Gasteiger partial charge in [-0.15, -0.1) is 10.2 Å². The Morgan fingerprint density at radius 1 is 1.19 bits per heavy atom. The number of aryl methyl sites for hydroxylation is 1. The predicted octanol–water partition coefficient (Wildman–Crippen LogP) is 4.74. The first kappa shape index (κ1) is 18.5. The number of carbonyl (C=O) groups is 1. The van der Waals surface area contributed by atoms with E-state index in [0.29, 0.717) is 0 Å². The molecular weight excluding hydrogens is 344 g/mol. The molecule has 136 valence electrons. The van der Waals surface area contributed by atoms with E-state index in [4.69, 9.17) is 0 Å². The molecule has 2 aromatic carbocycles. The molecule has 1 aromatic heterocycles. The standard InChI is InChI=1S/C20H24N4OS/c1-3-4-7-12-24-14-21-23-20(24)26-15(2)19(25)22-18-11-10-16-8-5-6-9-17(16)13-18/h5-6,8-11,13-15H,3-4,7,12H2,1-2H3,(H,22,25)/t15-/m0/s1. The average molecular weight is 369 g/mol. The topological polar surface area (TPSA) is 59.8 Å². The highest BCUT2D eigenvalue weighted by molar-refractivity contribution is 8.00. The molecule has 26 heavy (non-hydrogen) atoms. The maximum atomic E-state index is 12.6. The fourth-order valence-electron chi connectivity index (χ4n) is 2.74. The first-order chi connectivity index (χ1) is 12.7. The van der Waals surface area contributed by atoms with Crippen LogP contribution in [0.1, 0.15) is 33.1 Å². The second kappa shape index (κ2) is 8.85. The highest BCUT2D eigenvalue weighted by atomic mass is 32.2. The van der Waals surface area contributed by atoms with Crippen LogP contribution in [0.2, 0.25) is 0 Å². The third-order valence-corrected chi connectivity index (χ3v) is 5.35. The summed E-state index contributed by atoms with van der Waals surface area (Å²) in [6.07, 6.45) is 5.20. The van der Waals surface area contributed by atoms with E-state index < -0.39 is 0 Å². The van der Waals surface area contributed by atoms with Gasteiger partial charge in [0.05, 0.1) is 5.25 Å². The van der Waals surface area contributed by atoms with Crippen LogP contribution in [0.3, 0.4) is 0 Å². The fraction of sp³-hybridized carbons (Fsp3) is 0.350. The van der Waals surface area contributed by atoms with Crippen molar-refractivity contribution in [3.05, 3.63) is 48.8 Å². The number of aromatic nitrogens is 3. The molecule has 0 radical (unpaired) electrons. The number of carbonyl (C=O) groups excluding carboxylic acids is 1. The van der Waals surface area contributed by atoms with Crippen molar-refractivity contribution in [2.75, 3.05) is 5.32 Å². The van der Waals surface area contributed by atoms with Gasteiger partial charge in [0.15, 0.2) is 5.16 Å². The molecule has 0 bridgehead atoms. The lowest BCUT2D eigenvalue weighted by Gasteiger charge is -2.13. The van der Waals surface area contributed by atoms with E-state index in [2.05, 4.69) is 28.5 Å². The van der Waals surface area contributed by atoms with E-state index in [9.17, 15) is 4.79 Å². The van der Waals surface area contributed by atoms with Gasteiger partial charge in [-0.3, -0.25) is 4.79 Å². The normalized spacial score (nSPS) is 12.2. The quantitative estimate of drug-likeness (QED) is 0.461. The van der Waals surface area contributed by atoms with Crippen LogP contribution in [-0.4, -0.2) is 25.9 Å². The Balaban J connectivity index is 1.61. The van der Waals surface area contributed by atoms with Crippen molar-refractivity contribution in [3.8, 4) is 0 Å². The summed E-state index contributed by atoms with van der Waals surface area (Å²) in [6.45, 7) is 4.97. The molecule has 5 nitrogen and oxygen atoms in total. The third kappa shape index (κ3) is 4.64. The molecule has 1 amide bonds. The van der Waals surface area contributed by atoms with Crippen LogP contribution in [0.5, 0.6) is 0 Å². The monoisotopic (exact) mass is 368 g/mol. The number of benzene rings is 2. The molecule has 0 saturated carbocycles. The molecule has 3 rings (SSSR count). The van der Waals surface area contributed by atoms with Gasteiger partial charge in [-0.1, -0.05) is 61.9 Å². The maximum Gasteiger partial charge on any atom is 0.237 e. The van der Waals surface area contributed by atoms with E-state index in [1.807, 2.05) is 47.9 Å². The number of thioether (sulfide) groups is 1. The molecule has 0 unspecified atom stereocenters. The van der Waals surface area contributed by atoms with E-state index >= 15 is 0 Å². The lowest BCUT2D eigenvalue weighted by atomic mass is 10.1. The zero-order valence-electron chi connectivity index (χ0n) is 15.2. The highest BCUT2D eigenvalue weighted by Gasteiger charge is 2.18. The highest BCUT2D eigenvalue weighted by Crippen LogP contribution is 2.24. The number of rotatable bonds is 8.